The molecule has 15 heavy (non-hydrogen) atoms. The van der Waals surface area contributed by atoms with E-state index in [1.165, 1.54) is 5.56 Å². The quantitative estimate of drug-likeness (QED) is 0.817. The van der Waals surface area contributed by atoms with Gasteiger partial charge in [-0.25, -0.2) is 0 Å². The van der Waals surface area contributed by atoms with E-state index in [0.717, 1.165) is 11.3 Å². The molecule has 3 heteroatoms. The lowest BCUT2D eigenvalue weighted by molar-refractivity contribution is -0.122. The van der Waals surface area contributed by atoms with Crippen molar-refractivity contribution in [2.75, 3.05) is 13.2 Å². The van der Waals surface area contributed by atoms with Gasteiger partial charge in [-0.15, -0.1) is 0 Å². The molecule has 1 aromatic rings. The molecule has 0 spiro atoms. The van der Waals surface area contributed by atoms with Crippen LogP contribution in [0, 0.1) is 13.8 Å². The van der Waals surface area contributed by atoms with E-state index < -0.39 is 0 Å². The minimum absolute atomic E-state index is 0.0815. The van der Waals surface area contributed by atoms with Crippen molar-refractivity contribution in [1.82, 2.24) is 5.32 Å². The SMILES string of the molecule is CCNC(=O)COc1cccc(C)c1C. The summed E-state index contributed by atoms with van der Waals surface area (Å²) >= 11 is 0. The van der Waals surface area contributed by atoms with Gasteiger partial charge >= 0.3 is 0 Å². The molecule has 1 N–H and O–H groups in total. The molecule has 0 radical (unpaired) electrons. The van der Waals surface area contributed by atoms with Crippen molar-refractivity contribution in [2.24, 2.45) is 0 Å². The topological polar surface area (TPSA) is 38.3 Å². The number of ether oxygens (including phenoxy) is 1. The van der Waals surface area contributed by atoms with Gasteiger partial charge in [-0.1, -0.05) is 12.1 Å². The Balaban J connectivity index is 2.58. The maximum absolute atomic E-state index is 11.2. The first-order valence-corrected chi connectivity index (χ1v) is 5.11. The van der Waals surface area contributed by atoms with E-state index in [1.54, 1.807) is 0 Å². The van der Waals surface area contributed by atoms with Crippen LogP contribution in [0.5, 0.6) is 5.75 Å². The average Bonchev–Trinajstić information content (AvgIpc) is 2.21. The van der Waals surface area contributed by atoms with Gasteiger partial charge < -0.3 is 10.1 Å². The smallest absolute Gasteiger partial charge is 0.257 e. The summed E-state index contributed by atoms with van der Waals surface area (Å²) in [5, 5.41) is 2.69. The van der Waals surface area contributed by atoms with Gasteiger partial charge in [0, 0.05) is 6.54 Å². The highest BCUT2D eigenvalue weighted by Gasteiger charge is 2.04. The Bertz CT molecular complexity index is 347. The van der Waals surface area contributed by atoms with Crippen molar-refractivity contribution in [3.05, 3.63) is 29.3 Å². The first-order valence-electron chi connectivity index (χ1n) is 5.11. The number of amides is 1. The Labute approximate surface area is 90.4 Å². The number of benzene rings is 1. The van der Waals surface area contributed by atoms with Gasteiger partial charge in [0.1, 0.15) is 5.75 Å². The van der Waals surface area contributed by atoms with Gasteiger partial charge in [-0.3, -0.25) is 4.79 Å². The third-order valence-corrected chi connectivity index (χ3v) is 2.29. The van der Waals surface area contributed by atoms with E-state index in [-0.39, 0.29) is 12.5 Å². The Morgan fingerprint density at radius 1 is 1.40 bits per heavy atom. The first kappa shape index (κ1) is 11.6. The maximum atomic E-state index is 11.2. The van der Waals surface area contributed by atoms with Crippen molar-refractivity contribution < 1.29 is 9.53 Å². The predicted molar refractivity (Wildman–Crippen MR) is 60.1 cm³/mol. The molecule has 0 saturated carbocycles. The number of aryl methyl sites for hydroxylation is 1. The number of nitrogens with one attached hydrogen (secondary N) is 1. The van der Waals surface area contributed by atoms with E-state index in [4.69, 9.17) is 4.74 Å². The Morgan fingerprint density at radius 2 is 2.13 bits per heavy atom. The number of hydrogen-bond donors (Lipinski definition) is 1. The maximum Gasteiger partial charge on any atom is 0.257 e. The standard InChI is InChI=1S/C12H17NO2/c1-4-13-12(14)8-15-11-7-5-6-9(2)10(11)3/h5-7H,4,8H2,1-3H3,(H,13,14). The Kier molecular flexibility index (Phi) is 4.16. The van der Waals surface area contributed by atoms with E-state index in [9.17, 15) is 4.79 Å². The monoisotopic (exact) mass is 207 g/mol. The lowest BCUT2D eigenvalue weighted by Crippen LogP contribution is -2.28. The zero-order valence-electron chi connectivity index (χ0n) is 9.46. The average molecular weight is 207 g/mol. The Hall–Kier alpha value is -1.51. The molecule has 82 valence electrons. The highest BCUT2D eigenvalue weighted by atomic mass is 16.5. The molecule has 0 heterocycles. The summed E-state index contributed by atoms with van der Waals surface area (Å²) in [6.07, 6.45) is 0. The number of carbonyl (C=O) groups excluding carboxylic acids is 1. The molecule has 1 amide bonds. The summed E-state index contributed by atoms with van der Waals surface area (Å²) in [5.74, 6) is 0.694. The Morgan fingerprint density at radius 3 is 2.80 bits per heavy atom. The normalized spacial score (nSPS) is 9.80. The molecule has 0 unspecified atom stereocenters. The van der Waals surface area contributed by atoms with Crippen LogP contribution in [0.15, 0.2) is 18.2 Å². The van der Waals surface area contributed by atoms with Crippen LogP contribution in [0.25, 0.3) is 0 Å². The van der Waals surface area contributed by atoms with Crippen molar-refractivity contribution in [2.45, 2.75) is 20.8 Å². The highest BCUT2D eigenvalue weighted by molar-refractivity contribution is 5.77. The molecule has 1 rings (SSSR count). The molecule has 0 aliphatic rings. The van der Waals surface area contributed by atoms with Gasteiger partial charge in [-0.05, 0) is 38.0 Å². The molecular formula is C12H17NO2. The lowest BCUT2D eigenvalue weighted by Gasteiger charge is -2.10. The van der Waals surface area contributed by atoms with Crippen LogP contribution in [0.4, 0.5) is 0 Å². The molecule has 3 nitrogen and oxygen atoms in total. The van der Waals surface area contributed by atoms with Gasteiger partial charge in [0.15, 0.2) is 6.61 Å². The van der Waals surface area contributed by atoms with Crippen LogP contribution in [-0.2, 0) is 4.79 Å². The summed E-state index contributed by atoms with van der Waals surface area (Å²) < 4.78 is 5.42. The molecule has 1 aromatic carbocycles. The molecule has 0 aromatic heterocycles. The fraction of sp³-hybridized carbons (Fsp3) is 0.417. The summed E-state index contributed by atoms with van der Waals surface area (Å²) in [7, 11) is 0. The minimum atomic E-state index is -0.0848. The molecule has 0 aliphatic carbocycles. The number of likely N-dealkylation sites (N-methyl/N-ethyl adjacent to an activating group) is 1. The van der Waals surface area contributed by atoms with E-state index >= 15 is 0 Å². The molecule has 0 saturated heterocycles. The van der Waals surface area contributed by atoms with Crippen LogP contribution in [0.3, 0.4) is 0 Å². The fourth-order valence-corrected chi connectivity index (χ4v) is 1.27. The summed E-state index contributed by atoms with van der Waals surface area (Å²) in [5.41, 5.74) is 2.25. The van der Waals surface area contributed by atoms with Crippen LogP contribution < -0.4 is 10.1 Å². The highest BCUT2D eigenvalue weighted by Crippen LogP contribution is 2.20. The van der Waals surface area contributed by atoms with Crippen molar-refractivity contribution >= 4 is 5.91 Å². The number of rotatable bonds is 4. The van der Waals surface area contributed by atoms with Crippen molar-refractivity contribution in [3.8, 4) is 5.75 Å². The lowest BCUT2D eigenvalue weighted by atomic mass is 10.1. The van der Waals surface area contributed by atoms with E-state index in [0.29, 0.717) is 6.54 Å². The van der Waals surface area contributed by atoms with Gasteiger partial charge in [0.05, 0.1) is 0 Å². The van der Waals surface area contributed by atoms with Crippen LogP contribution >= 0.6 is 0 Å². The van der Waals surface area contributed by atoms with Gasteiger partial charge in [0.25, 0.3) is 5.91 Å². The third-order valence-electron chi connectivity index (χ3n) is 2.29. The van der Waals surface area contributed by atoms with Crippen LogP contribution in [-0.4, -0.2) is 19.1 Å². The molecular weight excluding hydrogens is 190 g/mol. The number of carbonyl (C=O) groups is 1. The largest absolute Gasteiger partial charge is 0.483 e. The van der Waals surface area contributed by atoms with Crippen LogP contribution in [0.2, 0.25) is 0 Å². The minimum Gasteiger partial charge on any atom is -0.483 e. The molecule has 0 fully saturated rings. The first-order chi connectivity index (χ1) is 7.15. The summed E-state index contributed by atoms with van der Waals surface area (Å²) in [6.45, 7) is 6.61. The van der Waals surface area contributed by atoms with E-state index in [1.807, 2.05) is 39.0 Å². The third kappa shape index (κ3) is 3.27. The molecule has 0 aliphatic heterocycles. The fourth-order valence-electron chi connectivity index (χ4n) is 1.27. The van der Waals surface area contributed by atoms with Crippen LogP contribution in [0.1, 0.15) is 18.1 Å². The second kappa shape index (κ2) is 5.39. The number of hydrogen-bond acceptors (Lipinski definition) is 2. The van der Waals surface area contributed by atoms with Gasteiger partial charge in [0.2, 0.25) is 0 Å². The second-order valence-electron chi connectivity index (χ2n) is 3.44. The van der Waals surface area contributed by atoms with E-state index in [2.05, 4.69) is 5.32 Å². The molecule has 0 bridgehead atoms. The van der Waals surface area contributed by atoms with Crippen molar-refractivity contribution in [1.29, 1.82) is 0 Å². The summed E-state index contributed by atoms with van der Waals surface area (Å²) in [6, 6.07) is 5.82. The second-order valence-corrected chi connectivity index (χ2v) is 3.44. The summed E-state index contributed by atoms with van der Waals surface area (Å²) in [4.78, 5) is 11.2. The zero-order valence-corrected chi connectivity index (χ0v) is 9.46. The van der Waals surface area contributed by atoms with Crippen molar-refractivity contribution in [3.63, 3.8) is 0 Å². The predicted octanol–water partition coefficient (Wildman–Crippen LogP) is 1.82. The zero-order chi connectivity index (χ0) is 11.3. The van der Waals surface area contributed by atoms with Gasteiger partial charge in [-0.2, -0.15) is 0 Å². The molecule has 0 atom stereocenters.